The highest BCUT2D eigenvalue weighted by atomic mass is 32.1. The summed E-state index contributed by atoms with van der Waals surface area (Å²) in [6, 6.07) is 71.0. The minimum absolute atomic E-state index is 0.627. The Hall–Kier alpha value is -8.59. The van der Waals surface area contributed by atoms with Crippen molar-refractivity contribution >= 4 is 94.9 Å². The third-order valence-corrected chi connectivity index (χ3v) is 20.7. The van der Waals surface area contributed by atoms with E-state index >= 15 is 0 Å². The molecule has 1 atom stereocenters. The highest BCUT2D eigenvalue weighted by Gasteiger charge is 2.55. The van der Waals surface area contributed by atoms with Crippen molar-refractivity contribution in [2.45, 2.75) is 46.2 Å². The van der Waals surface area contributed by atoms with Gasteiger partial charge in [0, 0.05) is 60.2 Å². The van der Waals surface area contributed by atoms with Crippen LogP contribution in [0.15, 0.2) is 188 Å². The quantitative estimate of drug-likeness (QED) is 0.155. The predicted molar refractivity (Wildman–Crippen MR) is 306 cm³/mol. The van der Waals surface area contributed by atoms with Crippen molar-refractivity contribution in [1.29, 1.82) is 10.5 Å². The number of fused-ring (bicyclic) bond motifs is 14. The Labute approximate surface area is 431 Å². The SMILES string of the molecule is Cc1ccc(N(c2ccc(C#N)cc2)c2ccc3c(c2)C2(c4cc5c(cc4-3)sc3cc(N(c4ccc(C#N)cc4)c4ccc(C)c(C)c4)c4ccccc4c35)c3ccccc3[Si](C)(C)c3cccnc32)cc1C. The third-order valence-electron chi connectivity index (χ3n) is 16.0. The minimum atomic E-state index is -2.25. The van der Waals surface area contributed by atoms with Crippen molar-refractivity contribution in [2.75, 3.05) is 9.80 Å². The topological polar surface area (TPSA) is 67.0 Å². The number of benzene rings is 9. The summed E-state index contributed by atoms with van der Waals surface area (Å²) in [6.45, 7) is 13.6. The van der Waals surface area contributed by atoms with Gasteiger partial charge in [0.1, 0.15) is 8.07 Å². The lowest BCUT2D eigenvalue weighted by Gasteiger charge is -2.45. The standard InChI is InChI=1S/C66H49N5SSi/c1-40-17-23-48(32-42(40)3)70(46-25-19-44(38-67)20-26-46)50-29-30-51-54-36-60-55(35-58(54)66(57(51)34-50)56-14-9-10-15-62(56)73(5,6)63-16-11-31-69-65(63)66)64-53-13-8-7-12-52(53)59(37-61(64)72-60)71(47-27-21-45(39-68)22-28-47)49-24-18-41(2)43(4)33-49/h7-37H,1-6H3. The van der Waals surface area contributed by atoms with Gasteiger partial charge in [0.05, 0.1) is 40.1 Å². The van der Waals surface area contributed by atoms with Gasteiger partial charge in [-0.15, -0.1) is 11.3 Å². The summed E-state index contributed by atoms with van der Waals surface area (Å²) >= 11 is 1.86. The first-order chi connectivity index (χ1) is 35.5. The number of hydrogen-bond donors (Lipinski definition) is 0. The Balaban J connectivity index is 1.11. The van der Waals surface area contributed by atoms with Gasteiger partial charge in [0.15, 0.2) is 0 Å². The first-order valence-electron chi connectivity index (χ1n) is 24.9. The molecule has 1 spiro atoms. The van der Waals surface area contributed by atoms with Gasteiger partial charge in [-0.25, -0.2) is 0 Å². The maximum atomic E-state index is 9.84. The average Bonchev–Trinajstić information content (AvgIpc) is 3.93. The molecule has 348 valence electrons. The lowest BCUT2D eigenvalue weighted by Crippen LogP contribution is -2.63. The van der Waals surface area contributed by atoms with E-state index in [-0.39, 0.29) is 0 Å². The predicted octanol–water partition coefficient (Wildman–Crippen LogP) is 16.0. The number of rotatable bonds is 6. The first-order valence-corrected chi connectivity index (χ1v) is 28.7. The Kier molecular flexibility index (Phi) is 10.0. The summed E-state index contributed by atoms with van der Waals surface area (Å²) in [4.78, 5) is 10.2. The van der Waals surface area contributed by atoms with E-state index in [4.69, 9.17) is 4.98 Å². The molecule has 0 N–H and O–H groups in total. The molecule has 0 bridgehead atoms. The molecule has 0 amide bonds. The van der Waals surface area contributed by atoms with E-state index in [0.29, 0.717) is 11.1 Å². The van der Waals surface area contributed by atoms with Crippen molar-refractivity contribution in [3.63, 3.8) is 0 Å². The van der Waals surface area contributed by atoms with Crippen molar-refractivity contribution < 1.29 is 0 Å². The fourth-order valence-corrected chi connectivity index (χ4v) is 16.4. The van der Waals surface area contributed by atoms with Crippen LogP contribution in [0, 0.1) is 50.4 Å². The number of nitrogens with zero attached hydrogens (tertiary/aromatic N) is 5. The van der Waals surface area contributed by atoms with Crippen LogP contribution in [0.1, 0.15) is 55.8 Å². The van der Waals surface area contributed by atoms with Gasteiger partial charge >= 0.3 is 0 Å². The van der Waals surface area contributed by atoms with Crippen LogP contribution in [0.2, 0.25) is 13.1 Å². The minimum Gasteiger partial charge on any atom is -0.310 e. The molecule has 0 saturated heterocycles. The molecular weight excluding hydrogens is 923 g/mol. The van der Waals surface area contributed by atoms with E-state index < -0.39 is 13.5 Å². The highest BCUT2D eigenvalue weighted by molar-refractivity contribution is 7.26. The van der Waals surface area contributed by atoms with E-state index in [9.17, 15) is 10.5 Å². The molecule has 1 aliphatic heterocycles. The van der Waals surface area contributed by atoms with Crippen LogP contribution in [-0.4, -0.2) is 13.1 Å². The Morgan fingerprint density at radius 3 is 1.70 bits per heavy atom. The van der Waals surface area contributed by atoms with Gasteiger partial charge in [-0.05, 0) is 203 Å². The van der Waals surface area contributed by atoms with Gasteiger partial charge in [0.25, 0.3) is 0 Å². The van der Waals surface area contributed by atoms with Gasteiger partial charge < -0.3 is 9.80 Å². The van der Waals surface area contributed by atoms with Crippen LogP contribution in [0.3, 0.4) is 0 Å². The van der Waals surface area contributed by atoms with Crippen LogP contribution in [-0.2, 0) is 5.41 Å². The molecular formula is C66H49N5SSi. The zero-order chi connectivity index (χ0) is 49.9. The lowest BCUT2D eigenvalue weighted by molar-refractivity contribution is 0.741. The van der Waals surface area contributed by atoms with Gasteiger partial charge in [-0.3, -0.25) is 4.98 Å². The van der Waals surface area contributed by atoms with Crippen molar-refractivity contribution in [3.05, 3.63) is 244 Å². The third kappa shape index (κ3) is 6.53. The molecule has 1 aliphatic carbocycles. The number of nitriles is 2. The number of aromatic nitrogens is 1. The Morgan fingerprint density at radius 1 is 0.466 bits per heavy atom. The second-order valence-electron chi connectivity index (χ2n) is 20.4. The molecule has 7 heteroatoms. The van der Waals surface area contributed by atoms with Crippen LogP contribution in [0.25, 0.3) is 42.1 Å². The zero-order valence-corrected chi connectivity index (χ0v) is 43.4. The molecule has 0 saturated carbocycles. The fraction of sp³-hybridized carbons (Fsp3) is 0.106. The van der Waals surface area contributed by atoms with Gasteiger partial charge in [-0.2, -0.15) is 10.5 Å². The molecule has 2 aliphatic rings. The monoisotopic (exact) mass is 971 g/mol. The summed E-state index contributed by atoms with van der Waals surface area (Å²) < 4.78 is 2.44. The van der Waals surface area contributed by atoms with Gasteiger partial charge in [0.2, 0.25) is 0 Å². The van der Waals surface area contributed by atoms with E-state index in [0.717, 1.165) is 45.2 Å². The molecule has 5 nitrogen and oxygen atoms in total. The summed E-state index contributed by atoms with van der Waals surface area (Å²) in [5, 5.41) is 27.2. The molecule has 11 aromatic rings. The van der Waals surface area contributed by atoms with Crippen LogP contribution >= 0.6 is 11.3 Å². The van der Waals surface area contributed by atoms with Gasteiger partial charge in [-0.1, -0.05) is 85.9 Å². The molecule has 13 rings (SSSR count). The van der Waals surface area contributed by atoms with Crippen molar-refractivity contribution in [3.8, 4) is 23.3 Å². The zero-order valence-electron chi connectivity index (χ0n) is 41.5. The largest absolute Gasteiger partial charge is 0.310 e. The van der Waals surface area contributed by atoms with Crippen molar-refractivity contribution in [2.24, 2.45) is 0 Å². The molecule has 0 radical (unpaired) electrons. The number of aryl methyl sites for hydroxylation is 4. The highest BCUT2D eigenvalue weighted by Crippen LogP contribution is 2.60. The second-order valence-corrected chi connectivity index (χ2v) is 25.8. The molecule has 73 heavy (non-hydrogen) atoms. The summed E-state index contributed by atoms with van der Waals surface area (Å²) in [7, 11) is -2.25. The lowest BCUT2D eigenvalue weighted by atomic mass is 9.69. The summed E-state index contributed by atoms with van der Waals surface area (Å²) in [5.41, 5.74) is 19.0. The fourth-order valence-electron chi connectivity index (χ4n) is 12.1. The van der Waals surface area contributed by atoms with E-state index in [1.165, 1.54) is 86.0 Å². The Morgan fingerprint density at radius 2 is 1.03 bits per heavy atom. The Bertz CT molecular complexity index is 4160. The van der Waals surface area contributed by atoms with E-state index in [2.05, 4.69) is 220 Å². The van der Waals surface area contributed by atoms with Crippen LogP contribution < -0.4 is 20.2 Å². The maximum absolute atomic E-state index is 9.84. The van der Waals surface area contributed by atoms with Crippen LogP contribution in [0.4, 0.5) is 34.1 Å². The van der Waals surface area contributed by atoms with E-state index in [1.807, 2.05) is 41.8 Å². The average molecular weight is 972 g/mol. The number of pyridine rings is 1. The molecule has 1 unspecified atom stereocenters. The van der Waals surface area contributed by atoms with Crippen molar-refractivity contribution in [1.82, 2.24) is 4.98 Å². The molecule has 2 aromatic heterocycles. The second kappa shape index (κ2) is 16.5. The number of thiophene rings is 1. The molecule has 0 fully saturated rings. The van der Waals surface area contributed by atoms with Crippen LogP contribution in [0.5, 0.6) is 0 Å². The maximum Gasteiger partial charge on any atom is 0.115 e. The molecule has 3 heterocycles. The molecule has 9 aromatic carbocycles. The normalized spacial score (nSPS) is 14.8. The summed E-state index contributed by atoms with van der Waals surface area (Å²) in [5.74, 6) is 0. The number of anilines is 6. The summed E-state index contributed by atoms with van der Waals surface area (Å²) in [6.07, 6.45) is 2.00. The first kappa shape index (κ1) is 44.4. The smallest absolute Gasteiger partial charge is 0.115 e. The van der Waals surface area contributed by atoms with E-state index in [1.54, 1.807) is 0 Å². The number of hydrogen-bond acceptors (Lipinski definition) is 6.